The lowest BCUT2D eigenvalue weighted by Crippen LogP contribution is -2.39. The van der Waals surface area contributed by atoms with E-state index in [1.54, 1.807) is 0 Å². The molecule has 0 spiro atoms. The van der Waals surface area contributed by atoms with Gasteiger partial charge in [0.2, 0.25) is 0 Å². The fourth-order valence-electron chi connectivity index (χ4n) is 2.24. The molecule has 5 nitrogen and oxygen atoms in total. The molecule has 1 saturated heterocycles. The molecule has 1 aliphatic heterocycles. The van der Waals surface area contributed by atoms with E-state index in [0.29, 0.717) is 19.0 Å². The molecule has 98 valence electrons. The van der Waals surface area contributed by atoms with E-state index >= 15 is 0 Å². The predicted octanol–water partition coefficient (Wildman–Crippen LogP) is 2.07. The van der Waals surface area contributed by atoms with Gasteiger partial charge in [-0.05, 0) is 30.9 Å². The van der Waals surface area contributed by atoms with Crippen molar-refractivity contribution in [1.82, 2.24) is 4.90 Å². The molecule has 1 aromatic carbocycles. The average Bonchev–Trinajstić information content (AvgIpc) is 2.38. The van der Waals surface area contributed by atoms with Crippen LogP contribution in [0.1, 0.15) is 12.8 Å². The van der Waals surface area contributed by atoms with Gasteiger partial charge >= 0.3 is 6.09 Å². The molecule has 1 aliphatic rings. The number of nitrogens with zero attached hydrogens (tertiary/aromatic N) is 1. The van der Waals surface area contributed by atoms with E-state index in [2.05, 4.69) is 5.32 Å². The van der Waals surface area contributed by atoms with Crippen LogP contribution in [-0.4, -0.2) is 35.7 Å². The number of carbonyl (C=O) groups is 1. The smallest absolute Gasteiger partial charge is 0.407 e. The molecule has 1 fully saturated rings. The molecule has 0 aliphatic carbocycles. The van der Waals surface area contributed by atoms with Crippen LogP contribution in [0.2, 0.25) is 0 Å². The number of nitrogens with one attached hydrogen (secondary N) is 1. The van der Waals surface area contributed by atoms with Gasteiger partial charge < -0.3 is 21.1 Å². The van der Waals surface area contributed by atoms with Crippen LogP contribution in [0.4, 0.5) is 16.2 Å². The molecule has 2 rings (SSSR count). The molecule has 0 aromatic heterocycles. The normalized spacial score (nSPS) is 16.6. The summed E-state index contributed by atoms with van der Waals surface area (Å²) in [6.07, 6.45) is 1.01. The van der Waals surface area contributed by atoms with Crippen molar-refractivity contribution in [2.24, 2.45) is 5.92 Å². The number of likely N-dealkylation sites (tertiary alicyclic amines) is 1. The number of benzene rings is 1. The van der Waals surface area contributed by atoms with Gasteiger partial charge in [-0.1, -0.05) is 12.1 Å². The summed E-state index contributed by atoms with van der Waals surface area (Å²) in [4.78, 5) is 12.3. The van der Waals surface area contributed by atoms with Gasteiger partial charge in [-0.25, -0.2) is 4.79 Å². The minimum absolute atomic E-state index is 0.514. The minimum atomic E-state index is -0.811. The Labute approximate surface area is 107 Å². The van der Waals surface area contributed by atoms with E-state index in [9.17, 15) is 4.79 Å². The van der Waals surface area contributed by atoms with Crippen LogP contribution < -0.4 is 11.1 Å². The molecule has 5 heteroatoms. The molecule has 1 aromatic rings. The summed E-state index contributed by atoms with van der Waals surface area (Å²) >= 11 is 0. The third-order valence-corrected chi connectivity index (χ3v) is 3.43. The number of hydrogen-bond acceptors (Lipinski definition) is 3. The van der Waals surface area contributed by atoms with Crippen molar-refractivity contribution >= 4 is 17.5 Å². The van der Waals surface area contributed by atoms with E-state index in [-0.39, 0.29) is 0 Å². The molecule has 18 heavy (non-hydrogen) atoms. The number of carboxylic acid groups (broad SMARTS) is 1. The van der Waals surface area contributed by atoms with E-state index < -0.39 is 6.09 Å². The molecule has 0 saturated carbocycles. The molecular formula is C13H19N3O2. The monoisotopic (exact) mass is 249 g/mol. The number of nitrogens with two attached hydrogens (primary N) is 1. The summed E-state index contributed by atoms with van der Waals surface area (Å²) in [7, 11) is 0. The molecule has 1 heterocycles. The Bertz CT molecular complexity index is 414. The zero-order valence-corrected chi connectivity index (χ0v) is 10.3. The summed E-state index contributed by atoms with van der Waals surface area (Å²) in [5, 5.41) is 12.2. The second kappa shape index (κ2) is 5.62. The predicted molar refractivity (Wildman–Crippen MR) is 71.7 cm³/mol. The SMILES string of the molecule is Nc1ccccc1NCC1CCN(C(=O)O)CC1. The zero-order chi connectivity index (χ0) is 13.0. The number of rotatable bonds is 3. The number of piperidine rings is 1. The maximum absolute atomic E-state index is 10.8. The lowest BCUT2D eigenvalue weighted by Gasteiger charge is -2.30. The van der Waals surface area contributed by atoms with Crippen molar-refractivity contribution in [3.63, 3.8) is 0 Å². The highest BCUT2D eigenvalue weighted by Gasteiger charge is 2.21. The van der Waals surface area contributed by atoms with Crippen molar-refractivity contribution in [3.05, 3.63) is 24.3 Å². The van der Waals surface area contributed by atoms with Crippen LogP contribution in [-0.2, 0) is 0 Å². The first-order valence-electron chi connectivity index (χ1n) is 6.23. The fourth-order valence-corrected chi connectivity index (χ4v) is 2.24. The number of amides is 1. The molecule has 1 amide bonds. The van der Waals surface area contributed by atoms with E-state index in [1.165, 1.54) is 4.90 Å². The Hall–Kier alpha value is -1.91. The number of para-hydroxylation sites is 2. The Kier molecular flexibility index (Phi) is 3.92. The second-order valence-electron chi connectivity index (χ2n) is 4.68. The minimum Gasteiger partial charge on any atom is -0.465 e. The van der Waals surface area contributed by atoms with Crippen molar-refractivity contribution in [3.8, 4) is 0 Å². The molecule has 0 atom stereocenters. The highest BCUT2D eigenvalue weighted by atomic mass is 16.4. The molecule has 0 bridgehead atoms. The third kappa shape index (κ3) is 3.06. The van der Waals surface area contributed by atoms with Crippen LogP contribution in [0.15, 0.2) is 24.3 Å². The number of anilines is 2. The van der Waals surface area contributed by atoms with E-state index in [1.807, 2.05) is 24.3 Å². The van der Waals surface area contributed by atoms with Crippen LogP contribution in [0.25, 0.3) is 0 Å². The first kappa shape index (κ1) is 12.5. The fraction of sp³-hybridized carbons (Fsp3) is 0.462. The van der Waals surface area contributed by atoms with Crippen molar-refractivity contribution in [2.45, 2.75) is 12.8 Å². The zero-order valence-electron chi connectivity index (χ0n) is 10.3. The van der Waals surface area contributed by atoms with Gasteiger partial charge in [-0.2, -0.15) is 0 Å². The molecule has 4 N–H and O–H groups in total. The Balaban J connectivity index is 1.79. The molecular weight excluding hydrogens is 230 g/mol. The Morgan fingerprint density at radius 2 is 2.06 bits per heavy atom. The van der Waals surface area contributed by atoms with Crippen molar-refractivity contribution < 1.29 is 9.90 Å². The van der Waals surface area contributed by atoms with E-state index in [4.69, 9.17) is 10.8 Å². The molecule has 0 radical (unpaired) electrons. The third-order valence-electron chi connectivity index (χ3n) is 3.43. The average molecular weight is 249 g/mol. The van der Waals surface area contributed by atoms with Crippen LogP contribution in [0.5, 0.6) is 0 Å². The number of nitrogen functional groups attached to an aromatic ring is 1. The van der Waals surface area contributed by atoms with Gasteiger partial charge in [-0.3, -0.25) is 0 Å². The maximum atomic E-state index is 10.8. The summed E-state index contributed by atoms with van der Waals surface area (Å²) in [5.41, 5.74) is 7.56. The van der Waals surface area contributed by atoms with Gasteiger partial charge in [0.05, 0.1) is 11.4 Å². The number of hydrogen-bond donors (Lipinski definition) is 3. The van der Waals surface area contributed by atoms with Gasteiger partial charge in [0.15, 0.2) is 0 Å². The highest BCUT2D eigenvalue weighted by Crippen LogP contribution is 2.21. The standard InChI is InChI=1S/C13H19N3O2/c14-11-3-1-2-4-12(11)15-9-10-5-7-16(8-6-10)13(17)18/h1-4,10,15H,5-9,14H2,(H,17,18). The van der Waals surface area contributed by atoms with Crippen LogP contribution >= 0.6 is 0 Å². The largest absolute Gasteiger partial charge is 0.465 e. The summed E-state index contributed by atoms with van der Waals surface area (Å²) in [5.74, 6) is 0.514. The summed E-state index contributed by atoms with van der Waals surface area (Å²) in [6, 6.07) is 7.69. The van der Waals surface area contributed by atoms with Crippen molar-refractivity contribution in [2.75, 3.05) is 30.7 Å². The first-order chi connectivity index (χ1) is 8.66. The summed E-state index contributed by atoms with van der Waals surface area (Å²) < 4.78 is 0. The lowest BCUT2D eigenvalue weighted by atomic mass is 9.97. The summed E-state index contributed by atoms with van der Waals surface area (Å²) in [6.45, 7) is 2.11. The quantitative estimate of drug-likeness (QED) is 0.716. The van der Waals surface area contributed by atoms with Gasteiger partial charge in [-0.15, -0.1) is 0 Å². The van der Waals surface area contributed by atoms with E-state index in [0.717, 1.165) is 30.8 Å². The lowest BCUT2D eigenvalue weighted by molar-refractivity contribution is 0.126. The molecule has 0 unspecified atom stereocenters. The first-order valence-corrected chi connectivity index (χ1v) is 6.23. The van der Waals surface area contributed by atoms with Crippen LogP contribution in [0, 0.1) is 5.92 Å². The van der Waals surface area contributed by atoms with Crippen LogP contribution in [0.3, 0.4) is 0 Å². The Morgan fingerprint density at radius 3 is 2.67 bits per heavy atom. The van der Waals surface area contributed by atoms with Gasteiger partial charge in [0.1, 0.15) is 0 Å². The van der Waals surface area contributed by atoms with Crippen molar-refractivity contribution in [1.29, 1.82) is 0 Å². The highest BCUT2D eigenvalue weighted by molar-refractivity contribution is 5.66. The maximum Gasteiger partial charge on any atom is 0.407 e. The van der Waals surface area contributed by atoms with Gasteiger partial charge in [0.25, 0.3) is 0 Å². The second-order valence-corrected chi connectivity index (χ2v) is 4.68. The Morgan fingerprint density at radius 1 is 1.39 bits per heavy atom. The van der Waals surface area contributed by atoms with Gasteiger partial charge in [0, 0.05) is 19.6 Å². The topological polar surface area (TPSA) is 78.6 Å².